The number of nitrogens with one attached hydrogen (secondary N) is 1. The summed E-state index contributed by atoms with van der Waals surface area (Å²) in [6.07, 6.45) is 3.09. The molecule has 3 N–H and O–H groups in total. The van der Waals surface area contributed by atoms with Crippen LogP contribution in [-0.2, 0) is 16.8 Å². The van der Waals surface area contributed by atoms with Crippen LogP contribution < -0.4 is 11.1 Å². The Hall–Kier alpha value is -1.56. The van der Waals surface area contributed by atoms with Crippen molar-refractivity contribution in [1.29, 1.82) is 0 Å². The average Bonchev–Trinajstić information content (AvgIpc) is 2.64. The molecule has 1 rings (SSSR count). The Morgan fingerprint density at radius 3 is 2.82 bits per heavy atom. The highest BCUT2D eigenvalue weighted by molar-refractivity contribution is 5.64. The van der Waals surface area contributed by atoms with E-state index in [2.05, 4.69) is 35.9 Å². The Balaban J connectivity index is 2.28. The normalized spacial score (nSPS) is 11.5. The summed E-state index contributed by atoms with van der Waals surface area (Å²) in [7, 11) is 0. The molecule has 0 fully saturated rings. The van der Waals surface area contributed by atoms with Crippen molar-refractivity contribution < 1.29 is 9.53 Å². The zero-order chi connectivity index (χ0) is 12.9. The van der Waals surface area contributed by atoms with Crippen molar-refractivity contribution in [2.75, 3.05) is 13.2 Å². The van der Waals surface area contributed by atoms with Gasteiger partial charge in [0.05, 0.1) is 11.7 Å². The molecule has 1 aromatic rings. The number of rotatable bonds is 5. The third-order valence-corrected chi connectivity index (χ3v) is 2.18. The van der Waals surface area contributed by atoms with Crippen molar-refractivity contribution in [3.05, 3.63) is 18.0 Å². The first-order valence-corrected chi connectivity index (χ1v) is 5.56. The summed E-state index contributed by atoms with van der Waals surface area (Å²) >= 11 is 0. The molecule has 1 amide bonds. The summed E-state index contributed by atoms with van der Waals surface area (Å²) in [5.74, 6) is 0. The van der Waals surface area contributed by atoms with Gasteiger partial charge in [0, 0.05) is 24.8 Å². The fourth-order valence-electron chi connectivity index (χ4n) is 1.27. The first-order valence-electron chi connectivity index (χ1n) is 5.56. The van der Waals surface area contributed by atoms with Crippen molar-refractivity contribution in [2.24, 2.45) is 5.73 Å². The number of primary amides is 1. The summed E-state index contributed by atoms with van der Waals surface area (Å²) in [5.41, 5.74) is 5.92. The highest BCUT2D eigenvalue weighted by atomic mass is 16.5. The van der Waals surface area contributed by atoms with Crippen LogP contribution in [0.2, 0.25) is 0 Å². The zero-order valence-corrected chi connectivity index (χ0v) is 10.6. The van der Waals surface area contributed by atoms with Gasteiger partial charge in [-0.3, -0.25) is 4.68 Å². The fraction of sp³-hybridized carbons (Fsp3) is 0.636. The number of carbonyl (C=O) groups is 1. The van der Waals surface area contributed by atoms with Crippen LogP contribution in [0.25, 0.3) is 0 Å². The lowest BCUT2D eigenvalue weighted by Gasteiger charge is -2.18. The third-order valence-electron chi connectivity index (χ3n) is 2.18. The summed E-state index contributed by atoms with van der Waals surface area (Å²) in [6.45, 7) is 7.83. The molecule has 6 heteroatoms. The maximum atomic E-state index is 10.3. The van der Waals surface area contributed by atoms with Crippen molar-refractivity contribution in [3.8, 4) is 0 Å². The summed E-state index contributed by atoms with van der Waals surface area (Å²) < 4.78 is 6.52. The molecule has 0 atom stereocenters. The van der Waals surface area contributed by atoms with Gasteiger partial charge in [0.1, 0.15) is 6.61 Å². The Morgan fingerprint density at radius 1 is 1.59 bits per heavy atom. The fourth-order valence-corrected chi connectivity index (χ4v) is 1.27. The molecular formula is C11H20N4O2. The van der Waals surface area contributed by atoms with Gasteiger partial charge < -0.3 is 15.8 Å². The predicted octanol–water partition coefficient (Wildman–Crippen LogP) is 0.823. The maximum Gasteiger partial charge on any atom is 0.404 e. The van der Waals surface area contributed by atoms with Crippen LogP contribution in [0.4, 0.5) is 4.79 Å². The maximum absolute atomic E-state index is 10.3. The molecule has 1 heterocycles. The second kappa shape index (κ2) is 5.67. The van der Waals surface area contributed by atoms with E-state index in [0.717, 1.165) is 5.56 Å². The van der Waals surface area contributed by atoms with Gasteiger partial charge in [-0.1, -0.05) is 0 Å². The second-order valence-corrected chi connectivity index (χ2v) is 4.81. The summed E-state index contributed by atoms with van der Waals surface area (Å²) in [6, 6.07) is 0. The molecule has 1 aromatic heterocycles. The van der Waals surface area contributed by atoms with Crippen LogP contribution in [0.3, 0.4) is 0 Å². The number of nitrogens with zero attached hydrogens (tertiary/aromatic N) is 2. The van der Waals surface area contributed by atoms with E-state index in [1.54, 1.807) is 0 Å². The SMILES string of the molecule is CC(C)(C)n1cc(CNCCOC(N)=O)cn1. The number of hydrogen-bond acceptors (Lipinski definition) is 4. The monoisotopic (exact) mass is 240 g/mol. The molecule has 96 valence electrons. The van der Waals surface area contributed by atoms with Gasteiger partial charge >= 0.3 is 6.09 Å². The van der Waals surface area contributed by atoms with E-state index in [-0.39, 0.29) is 12.1 Å². The van der Waals surface area contributed by atoms with Crippen LogP contribution in [0.1, 0.15) is 26.3 Å². The molecule has 6 nitrogen and oxygen atoms in total. The topological polar surface area (TPSA) is 82.2 Å². The molecule has 0 aliphatic heterocycles. The van der Waals surface area contributed by atoms with Gasteiger partial charge in [0.25, 0.3) is 0 Å². The second-order valence-electron chi connectivity index (χ2n) is 4.81. The van der Waals surface area contributed by atoms with Crippen LogP contribution in [-0.4, -0.2) is 29.0 Å². The zero-order valence-electron chi connectivity index (χ0n) is 10.6. The Kier molecular flexibility index (Phi) is 4.51. The van der Waals surface area contributed by atoms with E-state index < -0.39 is 6.09 Å². The van der Waals surface area contributed by atoms with Crippen LogP contribution in [0.5, 0.6) is 0 Å². The predicted molar refractivity (Wildman–Crippen MR) is 64.5 cm³/mol. The Labute approximate surface area is 101 Å². The van der Waals surface area contributed by atoms with Gasteiger partial charge in [-0.15, -0.1) is 0 Å². The van der Waals surface area contributed by atoms with Crippen molar-refractivity contribution in [3.63, 3.8) is 0 Å². The summed E-state index contributed by atoms with van der Waals surface area (Å²) in [5, 5.41) is 7.42. The minimum atomic E-state index is -0.743. The molecule has 0 aromatic carbocycles. The first-order chi connectivity index (χ1) is 7.89. The lowest BCUT2D eigenvalue weighted by Crippen LogP contribution is -2.23. The number of amides is 1. The molecular weight excluding hydrogens is 220 g/mol. The Bertz CT molecular complexity index is 368. The minimum Gasteiger partial charge on any atom is -0.448 e. The van der Waals surface area contributed by atoms with Gasteiger partial charge in [-0.05, 0) is 20.8 Å². The highest BCUT2D eigenvalue weighted by Crippen LogP contribution is 2.12. The smallest absolute Gasteiger partial charge is 0.404 e. The van der Waals surface area contributed by atoms with Crippen LogP contribution in [0, 0.1) is 0 Å². The summed E-state index contributed by atoms with van der Waals surface area (Å²) in [4.78, 5) is 10.3. The standard InChI is InChI=1S/C11H20N4O2/c1-11(2,3)15-8-9(7-14-15)6-13-4-5-17-10(12)16/h7-8,13H,4-6H2,1-3H3,(H2,12,16). The van der Waals surface area contributed by atoms with E-state index in [1.807, 2.05) is 17.1 Å². The number of hydrogen-bond donors (Lipinski definition) is 2. The molecule has 17 heavy (non-hydrogen) atoms. The molecule has 0 saturated carbocycles. The lowest BCUT2D eigenvalue weighted by molar-refractivity contribution is 0.157. The third kappa shape index (κ3) is 4.86. The van der Waals surface area contributed by atoms with E-state index in [0.29, 0.717) is 13.1 Å². The van der Waals surface area contributed by atoms with E-state index in [4.69, 9.17) is 5.73 Å². The van der Waals surface area contributed by atoms with Crippen molar-refractivity contribution >= 4 is 6.09 Å². The molecule has 0 aliphatic rings. The number of carbonyl (C=O) groups excluding carboxylic acids is 1. The molecule has 0 radical (unpaired) electrons. The van der Waals surface area contributed by atoms with Gasteiger partial charge in [0.15, 0.2) is 0 Å². The van der Waals surface area contributed by atoms with Crippen molar-refractivity contribution in [2.45, 2.75) is 32.9 Å². The van der Waals surface area contributed by atoms with Gasteiger partial charge in [-0.25, -0.2) is 4.79 Å². The van der Waals surface area contributed by atoms with E-state index in [9.17, 15) is 4.79 Å². The van der Waals surface area contributed by atoms with Gasteiger partial charge in [0.2, 0.25) is 0 Å². The molecule has 0 aliphatic carbocycles. The molecule has 0 spiro atoms. The minimum absolute atomic E-state index is 0.00662. The average molecular weight is 240 g/mol. The van der Waals surface area contributed by atoms with Gasteiger partial charge in [-0.2, -0.15) is 5.10 Å². The van der Waals surface area contributed by atoms with Crippen LogP contribution in [0.15, 0.2) is 12.4 Å². The molecule has 0 saturated heterocycles. The number of aromatic nitrogens is 2. The quantitative estimate of drug-likeness (QED) is 0.747. The number of ether oxygens (including phenoxy) is 1. The largest absolute Gasteiger partial charge is 0.448 e. The number of nitrogens with two attached hydrogens (primary N) is 1. The Morgan fingerprint density at radius 2 is 2.29 bits per heavy atom. The molecule has 0 unspecified atom stereocenters. The van der Waals surface area contributed by atoms with Crippen LogP contribution >= 0.6 is 0 Å². The van der Waals surface area contributed by atoms with E-state index in [1.165, 1.54) is 0 Å². The first kappa shape index (κ1) is 13.5. The highest BCUT2D eigenvalue weighted by Gasteiger charge is 2.13. The van der Waals surface area contributed by atoms with Crippen molar-refractivity contribution in [1.82, 2.24) is 15.1 Å². The molecule has 0 bridgehead atoms. The lowest BCUT2D eigenvalue weighted by atomic mass is 10.1. The van der Waals surface area contributed by atoms with E-state index >= 15 is 0 Å².